The number of halogens is 2. The summed E-state index contributed by atoms with van der Waals surface area (Å²) in [5.74, 6) is 0.207. The maximum absolute atomic E-state index is 11.1. The van der Waals surface area contributed by atoms with E-state index in [2.05, 4.69) is 30.9 Å². The summed E-state index contributed by atoms with van der Waals surface area (Å²) in [5, 5.41) is 0.469. The van der Waals surface area contributed by atoms with Crippen LogP contribution < -0.4 is 11.4 Å². The van der Waals surface area contributed by atoms with E-state index in [9.17, 15) is 4.79 Å². The summed E-state index contributed by atoms with van der Waals surface area (Å²) in [6.07, 6.45) is 0. The maximum Gasteiger partial charge on any atom is 0.349 e. The highest BCUT2D eigenvalue weighted by atomic mass is 79.9. The fourth-order valence-corrected chi connectivity index (χ4v) is 1.78. The van der Waals surface area contributed by atoms with Gasteiger partial charge in [0.2, 0.25) is 5.95 Å². The summed E-state index contributed by atoms with van der Waals surface area (Å²) in [6, 6.07) is 5.21. The molecule has 0 atom stereocenters. The van der Waals surface area contributed by atoms with Crippen LogP contribution in [0.3, 0.4) is 0 Å². The SMILES string of the molecule is Nc1nc(-c2cc(Br)ccc2Cl)[nH]c(=O)n1. The summed E-state index contributed by atoms with van der Waals surface area (Å²) in [6.45, 7) is 0. The Morgan fingerprint density at radius 2 is 2.12 bits per heavy atom. The normalized spacial score (nSPS) is 10.4. The van der Waals surface area contributed by atoms with Gasteiger partial charge in [-0.05, 0) is 18.2 Å². The molecule has 0 saturated heterocycles. The van der Waals surface area contributed by atoms with E-state index in [4.69, 9.17) is 17.3 Å². The highest BCUT2D eigenvalue weighted by molar-refractivity contribution is 9.10. The second-order valence-electron chi connectivity index (χ2n) is 2.98. The average molecular weight is 302 g/mol. The molecule has 0 radical (unpaired) electrons. The van der Waals surface area contributed by atoms with Crippen molar-refractivity contribution in [1.29, 1.82) is 0 Å². The van der Waals surface area contributed by atoms with Crippen molar-refractivity contribution in [3.05, 3.63) is 38.2 Å². The number of nitrogens with two attached hydrogens (primary N) is 1. The van der Waals surface area contributed by atoms with Crippen molar-refractivity contribution < 1.29 is 0 Å². The Morgan fingerprint density at radius 1 is 1.38 bits per heavy atom. The average Bonchev–Trinajstić information content (AvgIpc) is 2.20. The van der Waals surface area contributed by atoms with Crippen LogP contribution in [0.15, 0.2) is 27.5 Å². The van der Waals surface area contributed by atoms with Crippen LogP contribution in [0, 0.1) is 0 Å². The summed E-state index contributed by atoms with van der Waals surface area (Å²) in [7, 11) is 0. The van der Waals surface area contributed by atoms with Crippen LogP contribution in [0.1, 0.15) is 0 Å². The minimum atomic E-state index is -0.557. The van der Waals surface area contributed by atoms with E-state index in [1.54, 1.807) is 18.2 Å². The Labute approximate surface area is 104 Å². The molecule has 2 rings (SSSR count). The predicted octanol–water partition coefficient (Wildman–Crippen LogP) is 1.83. The fourth-order valence-electron chi connectivity index (χ4n) is 1.21. The molecule has 0 spiro atoms. The van der Waals surface area contributed by atoms with Crippen molar-refractivity contribution in [3.8, 4) is 11.4 Å². The van der Waals surface area contributed by atoms with Crippen molar-refractivity contribution in [3.63, 3.8) is 0 Å². The molecule has 0 unspecified atom stereocenters. The van der Waals surface area contributed by atoms with Gasteiger partial charge in [-0.2, -0.15) is 9.97 Å². The smallest absolute Gasteiger partial charge is 0.349 e. The zero-order valence-electron chi connectivity index (χ0n) is 7.87. The van der Waals surface area contributed by atoms with Gasteiger partial charge in [0.1, 0.15) is 5.82 Å². The van der Waals surface area contributed by atoms with Crippen LogP contribution in [0.4, 0.5) is 5.95 Å². The van der Waals surface area contributed by atoms with Crippen molar-refractivity contribution in [1.82, 2.24) is 15.0 Å². The lowest BCUT2D eigenvalue weighted by Crippen LogP contribution is -2.15. The molecule has 0 bridgehead atoms. The first kappa shape index (κ1) is 11.1. The quantitative estimate of drug-likeness (QED) is 0.841. The number of rotatable bonds is 1. The van der Waals surface area contributed by atoms with Gasteiger partial charge in [-0.25, -0.2) is 4.79 Å². The molecule has 16 heavy (non-hydrogen) atoms. The van der Waals surface area contributed by atoms with E-state index in [0.29, 0.717) is 16.4 Å². The summed E-state index contributed by atoms with van der Waals surface area (Å²) >= 11 is 9.30. The third-order valence-electron chi connectivity index (χ3n) is 1.85. The van der Waals surface area contributed by atoms with Crippen LogP contribution >= 0.6 is 27.5 Å². The molecule has 0 amide bonds. The van der Waals surface area contributed by atoms with E-state index < -0.39 is 5.69 Å². The number of aromatic amines is 1. The molecule has 0 saturated carbocycles. The Kier molecular flexibility index (Phi) is 2.93. The zero-order valence-corrected chi connectivity index (χ0v) is 10.2. The molecule has 0 aliphatic heterocycles. The van der Waals surface area contributed by atoms with Gasteiger partial charge in [-0.1, -0.05) is 27.5 Å². The number of nitrogens with zero attached hydrogens (tertiary/aromatic N) is 2. The third kappa shape index (κ3) is 2.23. The molecular weight excluding hydrogens is 295 g/mol. The van der Waals surface area contributed by atoms with Gasteiger partial charge in [-0.3, -0.25) is 4.98 Å². The van der Waals surface area contributed by atoms with Crippen LogP contribution in [-0.4, -0.2) is 15.0 Å². The van der Waals surface area contributed by atoms with E-state index in [1.165, 1.54) is 0 Å². The molecule has 7 heteroatoms. The first-order chi connectivity index (χ1) is 7.56. The summed E-state index contributed by atoms with van der Waals surface area (Å²) < 4.78 is 0.824. The lowest BCUT2D eigenvalue weighted by atomic mass is 10.2. The van der Waals surface area contributed by atoms with Gasteiger partial charge in [0.25, 0.3) is 0 Å². The number of hydrogen-bond acceptors (Lipinski definition) is 4. The largest absolute Gasteiger partial charge is 0.368 e. The van der Waals surface area contributed by atoms with Gasteiger partial charge >= 0.3 is 5.69 Å². The number of nitrogen functional groups attached to an aromatic ring is 1. The summed E-state index contributed by atoms with van der Waals surface area (Å²) in [4.78, 5) is 20.9. The van der Waals surface area contributed by atoms with E-state index >= 15 is 0 Å². The number of hydrogen-bond donors (Lipinski definition) is 2. The van der Waals surface area contributed by atoms with Gasteiger partial charge in [0, 0.05) is 10.0 Å². The number of nitrogens with one attached hydrogen (secondary N) is 1. The molecule has 0 aliphatic carbocycles. The van der Waals surface area contributed by atoms with Crippen LogP contribution in [0.25, 0.3) is 11.4 Å². The molecule has 1 aromatic heterocycles. The fraction of sp³-hybridized carbons (Fsp3) is 0. The summed E-state index contributed by atoms with van der Waals surface area (Å²) in [5.41, 5.74) is 5.42. The number of aromatic nitrogens is 3. The van der Waals surface area contributed by atoms with Crippen LogP contribution in [-0.2, 0) is 0 Å². The first-order valence-electron chi connectivity index (χ1n) is 4.25. The number of anilines is 1. The van der Waals surface area contributed by atoms with Crippen molar-refractivity contribution >= 4 is 33.5 Å². The van der Waals surface area contributed by atoms with Gasteiger partial charge < -0.3 is 5.73 Å². The highest BCUT2D eigenvalue weighted by Crippen LogP contribution is 2.27. The molecule has 82 valence electrons. The maximum atomic E-state index is 11.1. The Morgan fingerprint density at radius 3 is 2.81 bits per heavy atom. The Bertz CT molecular complexity index is 598. The highest BCUT2D eigenvalue weighted by Gasteiger charge is 2.08. The second kappa shape index (κ2) is 4.23. The topological polar surface area (TPSA) is 84.7 Å². The molecule has 3 N–H and O–H groups in total. The van der Waals surface area contributed by atoms with Crippen molar-refractivity contribution in [2.45, 2.75) is 0 Å². The first-order valence-corrected chi connectivity index (χ1v) is 5.42. The lowest BCUT2D eigenvalue weighted by Gasteiger charge is -2.04. The Balaban J connectivity index is 2.66. The minimum Gasteiger partial charge on any atom is -0.368 e. The van der Waals surface area contributed by atoms with Crippen LogP contribution in [0.5, 0.6) is 0 Å². The standard InChI is InChI=1S/C9H6BrClN4O/c10-4-1-2-6(11)5(3-4)7-13-8(12)15-9(16)14-7/h1-3H,(H3,12,13,14,15,16). The van der Waals surface area contributed by atoms with E-state index in [0.717, 1.165) is 4.47 Å². The molecule has 2 aromatic rings. The van der Waals surface area contributed by atoms with Crippen molar-refractivity contribution in [2.24, 2.45) is 0 Å². The van der Waals surface area contributed by atoms with E-state index in [-0.39, 0.29) is 5.95 Å². The number of benzene rings is 1. The molecular formula is C9H6BrClN4O. The van der Waals surface area contributed by atoms with Gasteiger partial charge in [0.05, 0.1) is 5.02 Å². The number of H-pyrrole nitrogens is 1. The van der Waals surface area contributed by atoms with Crippen molar-refractivity contribution in [2.75, 3.05) is 5.73 Å². The molecule has 5 nitrogen and oxygen atoms in total. The zero-order chi connectivity index (χ0) is 11.7. The second-order valence-corrected chi connectivity index (χ2v) is 4.31. The van der Waals surface area contributed by atoms with Gasteiger partial charge in [0.15, 0.2) is 0 Å². The van der Waals surface area contributed by atoms with Crippen LogP contribution in [0.2, 0.25) is 5.02 Å². The molecule has 1 aromatic carbocycles. The predicted molar refractivity (Wildman–Crippen MR) is 65.2 cm³/mol. The lowest BCUT2D eigenvalue weighted by molar-refractivity contribution is 1.01. The third-order valence-corrected chi connectivity index (χ3v) is 2.67. The Hall–Kier alpha value is -1.40. The monoisotopic (exact) mass is 300 g/mol. The van der Waals surface area contributed by atoms with Gasteiger partial charge in [-0.15, -0.1) is 0 Å². The minimum absolute atomic E-state index is 0.0882. The molecule has 0 aliphatic rings. The molecule has 1 heterocycles. The molecule has 0 fully saturated rings. The van der Waals surface area contributed by atoms with E-state index in [1.807, 2.05) is 0 Å².